The van der Waals surface area contributed by atoms with Gasteiger partial charge < -0.3 is 20.5 Å². The molecule has 1 aliphatic rings. The van der Waals surface area contributed by atoms with Crippen LogP contribution in [-0.2, 0) is 4.74 Å². The van der Waals surface area contributed by atoms with E-state index < -0.39 is 0 Å². The monoisotopic (exact) mass is 240 g/mol. The van der Waals surface area contributed by atoms with E-state index in [0.29, 0.717) is 24.5 Å². The molecule has 1 fully saturated rings. The van der Waals surface area contributed by atoms with E-state index in [-0.39, 0.29) is 24.6 Å². The molecule has 0 aromatic heterocycles. The van der Waals surface area contributed by atoms with Gasteiger partial charge in [-0.3, -0.25) is 0 Å². The zero-order valence-electron chi connectivity index (χ0n) is 9.77. The molecule has 0 amide bonds. The number of hydrogen-bond acceptors (Lipinski definition) is 4. The zero-order valence-corrected chi connectivity index (χ0v) is 9.77. The molecule has 1 saturated heterocycles. The molecule has 3 N–H and O–H groups in total. The second-order valence-corrected chi connectivity index (χ2v) is 4.34. The third kappa shape index (κ3) is 2.50. The molecular formula is C12H17FN2O2. The van der Waals surface area contributed by atoms with E-state index in [0.717, 1.165) is 0 Å². The fourth-order valence-corrected chi connectivity index (χ4v) is 2.03. The van der Waals surface area contributed by atoms with Crippen LogP contribution in [0, 0.1) is 5.82 Å². The van der Waals surface area contributed by atoms with Crippen molar-refractivity contribution in [2.75, 3.05) is 30.4 Å². The van der Waals surface area contributed by atoms with E-state index in [1.807, 2.05) is 11.8 Å². The highest BCUT2D eigenvalue weighted by molar-refractivity contribution is 5.68. The number of aliphatic hydroxyl groups is 1. The SMILES string of the molecule is CC1COC(CO)CN1c1cc(F)ccc1N. The van der Waals surface area contributed by atoms with Gasteiger partial charge in [0.15, 0.2) is 0 Å². The largest absolute Gasteiger partial charge is 0.397 e. The Hall–Kier alpha value is -1.33. The molecule has 0 bridgehead atoms. The minimum atomic E-state index is -0.312. The van der Waals surface area contributed by atoms with Crippen LogP contribution < -0.4 is 10.6 Å². The third-order valence-electron chi connectivity index (χ3n) is 3.01. The molecule has 5 heteroatoms. The topological polar surface area (TPSA) is 58.7 Å². The lowest BCUT2D eigenvalue weighted by Crippen LogP contribution is -2.49. The van der Waals surface area contributed by atoms with Gasteiger partial charge in [0.25, 0.3) is 0 Å². The highest BCUT2D eigenvalue weighted by atomic mass is 19.1. The van der Waals surface area contributed by atoms with Gasteiger partial charge in [-0.25, -0.2) is 4.39 Å². The maximum atomic E-state index is 13.2. The highest BCUT2D eigenvalue weighted by Gasteiger charge is 2.27. The lowest BCUT2D eigenvalue weighted by molar-refractivity contribution is -0.0103. The molecule has 17 heavy (non-hydrogen) atoms. The first kappa shape index (κ1) is 12.1. The first-order chi connectivity index (χ1) is 8.11. The average molecular weight is 240 g/mol. The molecule has 0 spiro atoms. The maximum absolute atomic E-state index is 13.2. The van der Waals surface area contributed by atoms with Gasteiger partial charge in [-0.1, -0.05) is 0 Å². The quantitative estimate of drug-likeness (QED) is 0.757. The number of halogens is 1. The minimum absolute atomic E-state index is 0.0432. The van der Waals surface area contributed by atoms with Gasteiger partial charge >= 0.3 is 0 Å². The van der Waals surface area contributed by atoms with Crippen molar-refractivity contribution in [3.05, 3.63) is 24.0 Å². The Labute approximate surface area is 99.8 Å². The van der Waals surface area contributed by atoms with Crippen LogP contribution >= 0.6 is 0 Å². The first-order valence-electron chi connectivity index (χ1n) is 5.66. The summed E-state index contributed by atoms with van der Waals surface area (Å²) < 4.78 is 18.7. The molecule has 2 unspecified atom stereocenters. The van der Waals surface area contributed by atoms with E-state index in [9.17, 15) is 4.39 Å². The maximum Gasteiger partial charge on any atom is 0.125 e. The number of hydrogen-bond donors (Lipinski definition) is 2. The molecule has 0 aliphatic carbocycles. The van der Waals surface area contributed by atoms with Crippen LogP contribution in [0.25, 0.3) is 0 Å². The Balaban J connectivity index is 2.27. The normalized spacial score (nSPS) is 25.0. The van der Waals surface area contributed by atoms with Gasteiger partial charge in [0.05, 0.1) is 30.7 Å². The van der Waals surface area contributed by atoms with Gasteiger partial charge in [0.1, 0.15) is 5.82 Å². The molecule has 2 rings (SSSR count). The Morgan fingerprint density at radius 3 is 3.06 bits per heavy atom. The summed E-state index contributed by atoms with van der Waals surface area (Å²) in [5, 5.41) is 9.11. The molecule has 94 valence electrons. The first-order valence-corrected chi connectivity index (χ1v) is 5.66. The van der Waals surface area contributed by atoms with E-state index in [1.165, 1.54) is 12.1 Å². The number of nitrogens with zero attached hydrogens (tertiary/aromatic N) is 1. The third-order valence-corrected chi connectivity index (χ3v) is 3.01. The lowest BCUT2D eigenvalue weighted by atomic mass is 10.1. The van der Waals surface area contributed by atoms with E-state index in [1.54, 1.807) is 6.07 Å². The molecule has 1 aromatic rings. The summed E-state index contributed by atoms with van der Waals surface area (Å²) in [6, 6.07) is 4.43. The number of nitrogen functional groups attached to an aromatic ring is 1. The number of anilines is 2. The van der Waals surface area contributed by atoms with Gasteiger partial charge in [-0.05, 0) is 25.1 Å². The smallest absolute Gasteiger partial charge is 0.125 e. The summed E-state index contributed by atoms with van der Waals surface area (Å²) in [7, 11) is 0. The number of aliphatic hydroxyl groups excluding tert-OH is 1. The molecular weight excluding hydrogens is 223 g/mol. The van der Waals surface area contributed by atoms with Gasteiger partial charge in [0.2, 0.25) is 0 Å². The second-order valence-electron chi connectivity index (χ2n) is 4.34. The summed E-state index contributed by atoms with van der Waals surface area (Å²) in [6.07, 6.45) is -0.242. The van der Waals surface area contributed by atoms with Crippen molar-refractivity contribution in [1.82, 2.24) is 0 Å². The number of ether oxygens (including phenoxy) is 1. The minimum Gasteiger partial charge on any atom is -0.397 e. The van der Waals surface area contributed by atoms with Crippen molar-refractivity contribution in [2.45, 2.75) is 19.1 Å². The molecule has 2 atom stereocenters. The standard InChI is InChI=1S/C12H17FN2O2/c1-8-7-17-10(6-16)5-15(8)12-4-9(13)2-3-11(12)14/h2-4,8,10,16H,5-7,14H2,1H3. The van der Waals surface area contributed by atoms with Gasteiger partial charge in [-0.2, -0.15) is 0 Å². The summed E-state index contributed by atoms with van der Waals surface area (Å²) in [5.74, 6) is -0.312. The molecule has 4 nitrogen and oxygen atoms in total. The van der Waals surface area contributed by atoms with Crippen molar-refractivity contribution in [1.29, 1.82) is 0 Å². The predicted molar refractivity (Wildman–Crippen MR) is 64.4 cm³/mol. The lowest BCUT2D eigenvalue weighted by Gasteiger charge is -2.39. The Kier molecular flexibility index (Phi) is 3.49. The van der Waals surface area contributed by atoms with E-state index in [2.05, 4.69) is 0 Å². The van der Waals surface area contributed by atoms with Gasteiger partial charge in [-0.15, -0.1) is 0 Å². The van der Waals surface area contributed by atoms with Crippen LogP contribution in [0.4, 0.5) is 15.8 Å². The molecule has 1 heterocycles. The second kappa shape index (κ2) is 4.89. The van der Waals surface area contributed by atoms with Crippen molar-refractivity contribution in [2.24, 2.45) is 0 Å². The number of nitrogens with two attached hydrogens (primary N) is 1. The molecule has 0 saturated carbocycles. The van der Waals surface area contributed by atoms with E-state index in [4.69, 9.17) is 15.6 Å². The molecule has 1 aromatic carbocycles. The van der Waals surface area contributed by atoms with Crippen molar-refractivity contribution in [3.8, 4) is 0 Å². The van der Waals surface area contributed by atoms with Crippen molar-refractivity contribution >= 4 is 11.4 Å². The van der Waals surface area contributed by atoms with Crippen molar-refractivity contribution in [3.63, 3.8) is 0 Å². The van der Waals surface area contributed by atoms with Crippen LogP contribution in [0.1, 0.15) is 6.92 Å². The molecule has 0 radical (unpaired) electrons. The number of morpholine rings is 1. The number of benzene rings is 1. The Bertz CT molecular complexity index is 400. The predicted octanol–water partition coefficient (Wildman–Crippen LogP) is 0.994. The van der Waals surface area contributed by atoms with Crippen LogP contribution in [0.15, 0.2) is 18.2 Å². The van der Waals surface area contributed by atoms with Crippen molar-refractivity contribution < 1.29 is 14.2 Å². The highest BCUT2D eigenvalue weighted by Crippen LogP contribution is 2.28. The fraction of sp³-hybridized carbons (Fsp3) is 0.500. The van der Waals surface area contributed by atoms with E-state index >= 15 is 0 Å². The van der Waals surface area contributed by atoms with Crippen LogP contribution in [0.3, 0.4) is 0 Å². The number of rotatable bonds is 2. The summed E-state index contributed by atoms with van der Waals surface area (Å²) in [4.78, 5) is 1.98. The van der Waals surface area contributed by atoms with Gasteiger partial charge in [0, 0.05) is 12.6 Å². The summed E-state index contributed by atoms with van der Waals surface area (Å²) in [6.45, 7) is 2.96. The van der Waals surface area contributed by atoms with Crippen LogP contribution in [-0.4, -0.2) is 37.0 Å². The Morgan fingerprint density at radius 2 is 2.35 bits per heavy atom. The summed E-state index contributed by atoms with van der Waals surface area (Å²) >= 11 is 0. The molecule has 1 aliphatic heterocycles. The zero-order chi connectivity index (χ0) is 12.4. The Morgan fingerprint density at radius 1 is 1.59 bits per heavy atom. The summed E-state index contributed by atoms with van der Waals surface area (Å²) in [5.41, 5.74) is 7.06. The van der Waals surface area contributed by atoms with Crippen LogP contribution in [0.2, 0.25) is 0 Å². The van der Waals surface area contributed by atoms with Crippen LogP contribution in [0.5, 0.6) is 0 Å². The average Bonchev–Trinajstić information content (AvgIpc) is 2.33. The fourth-order valence-electron chi connectivity index (χ4n) is 2.03.